The van der Waals surface area contributed by atoms with Gasteiger partial charge in [0.25, 0.3) is 5.91 Å². The standard InChI is InChI=1S/C19H26N6O2S/c1-11-21-18-14(12-9-19(2,3)27-10-13(12)28-18)16-22-15(23-25(11)16)17(26)20-7-6-8-24(4)5/h6-10H2,1-5H3,(H,20,26)/p+1. The lowest BCUT2D eigenvalue weighted by Gasteiger charge is -2.30. The second-order valence-electron chi connectivity index (χ2n) is 8.31. The predicted octanol–water partition coefficient (Wildman–Crippen LogP) is 0.763. The predicted molar refractivity (Wildman–Crippen MR) is 108 cm³/mol. The summed E-state index contributed by atoms with van der Waals surface area (Å²) in [6.45, 7) is 8.28. The van der Waals surface area contributed by atoms with Gasteiger partial charge in [0.2, 0.25) is 5.82 Å². The Hall–Kier alpha value is -2.10. The zero-order valence-electron chi connectivity index (χ0n) is 17.0. The molecule has 9 heteroatoms. The molecule has 8 nitrogen and oxygen atoms in total. The number of thiophene rings is 1. The molecule has 4 rings (SSSR count). The van der Waals surface area contributed by atoms with E-state index < -0.39 is 0 Å². The first-order valence-electron chi connectivity index (χ1n) is 9.64. The minimum atomic E-state index is -0.238. The number of rotatable bonds is 5. The SMILES string of the molecule is Cc1nc2sc3c(c2c2nc(C(=O)NCCC[NH+](C)C)nn12)CC(C)(C)OC3. The Bertz CT molecular complexity index is 1050. The summed E-state index contributed by atoms with van der Waals surface area (Å²) in [4.78, 5) is 25.3. The van der Waals surface area contributed by atoms with Gasteiger partial charge >= 0.3 is 0 Å². The molecular formula is C19H27N6O2S+. The van der Waals surface area contributed by atoms with Crippen molar-refractivity contribution in [3.05, 3.63) is 22.1 Å². The van der Waals surface area contributed by atoms with E-state index in [0.29, 0.717) is 18.8 Å². The quantitative estimate of drug-likeness (QED) is 0.615. The van der Waals surface area contributed by atoms with Crippen molar-refractivity contribution in [2.45, 2.75) is 45.8 Å². The summed E-state index contributed by atoms with van der Waals surface area (Å²) in [6.07, 6.45) is 1.71. The molecule has 0 radical (unpaired) electrons. The molecule has 0 saturated heterocycles. The fraction of sp³-hybridized carbons (Fsp3) is 0.579. The van der Waals surface area contributed by atoms with Crippen LogP contribution in [0.2, 0.25) is 0 Å². The van der Waals surface area contributed by atoms with Crippen LogP contribution in [0.15, 0.2) is 0 Å². The number of aryl methyl sites for hydroxylation is 1. The topological polar surface area (TPSA) is 85.9 Å². The maximum atomic E-state index is 12.5. The number of carbonyl (C=O) groups excluding carboxylic acids is 1. The van der Waals surface area contributed by atoms with E-state index in [0.717, 1.165) is 35.4 Å². The minimum Gasteiger partial charge on any atom is -0.370 e. The second kappa shape index (κ2) is 7.06. The van der Waals surface area contributed by atoms with Gasteiger partial charge in [0, 0.05) is 24.3 Å². The maximum Gasteiger partial charge on any atom is 0.290 e. The van der Waals surface area contributed by atoms with Crippen LogP contribution in [0.3, 0.4) is 0 Å². The van der Waals surface area contributed by atoms with Crippen molar-refractivity contribution in [3.63, 3.8) is 0 Å². The Labute approximate surface area is 167 Å². The molecule has 0 atom stereocenters. The fourth-order valence-electron chi connectivity index (χ4n) is 3.56. The number of nitrogens with zero attached hydrogens (tertiary/aromatic N) is 4. The van der Waals surface area contributed by atoms with Gasteiger partial charge in [0.15, 0.2) is 5.65 Å². The van der Waals surface area contributed by atoms with Crippen molar-refractivity contribution in [1.29, 1.82) is 0 Å². The van der Waals surface area contributed by atoms with Crippen LogP contribution in [0.4, 0.5) is 0 Å². The summed E-state index contributed by atoms with van der Waals surface area (Å²) in [6, 6.07) is 0. The molecule has 1 aliphatic heterocycles. The lowest BCUT2D eigenvalue weighted by Crippen LogP contribution is -3.05. The summed E-state index contributed by atoms with van der Waals surface area (Å²) in [5.41, 5.74) is 1.71. The van der Waals surface area contributed by atoms with Crippen molar-refractivity contribution in [2.24, 2.45) is 0 Å². The van der Waals surface area contributed by atoms with Crippen LogP contribution in [0.25, 0.3) is 15.9 Å². The first kappa shape index (κ1) is 19.2. The van der Waals surface area contributed by atoms with E-state index in [1.807, 2.05) is 6.92 Å². The third kappa shape index (κ3) is 3.49. The van der Waals surface area contributed by atoms with E-state index in [1.165, 1.54) is 15.3 Å². The number of aromatic nitrogens is 4. The Morgan fingerprint density at radius 2 is 2.14 bits per heavy atom. The lowest BCUT2D eigenvalue weighted by molar-refractivity contribution is -0.858. The first-order chi connectivity index (χ1) is 13.2. The van der Waals surface area contributed by atoms with E-state index >= 15 is 0 Å². The van der Waals surface area contributed by atoms with Crippen LogP contribution >= 0.6 is 11.3 Å². The van der Waals surface area contributed by atoms with Gasteiger partial charge in [-0.3, -0.25) is 4.79 Å². The molecule has 3 aromatic rings. The first-order valence-corrected chi connectivity index (χ1v) is 10.5. The highest BCUT2D eigenvalue weighted by atomic mass is 32.1. The smallest absolute Gasteiger partial charge is 0.290 e. The average Bonchev–Trinajstić information content (AvgIpc) is 3.19. The molecule has 0 unspecified atom stereocenters. The number of hydrogen-bond acceptors (Lipinski definition) is 6. The van der Waals surface area contributed by atoms with Crippen molar-refractivity contribution in [3.8, 4) is 0 Å². The van der Waals surface area contributed by atoms with Gasteiger partial charge in [-0.2, -0.15) is 4.52 Å². The molecular weight excluding hydrogens is 376 g/mol. The van der Waals surface area contributed by atoms with E-state index in [1.54, 1.807) is 15.9 Å². The molecule has 0 saturated carbocycles. The number of nitrogens with one attached hydrogen (secondary N) is 2. The zero-order valence-corrected chi connectivity index (χ0v) is 17.9. The Morgan fingerprint density at radius 3 is 2.89 bits per heavy atom. The summed E-state index contributed by atoms with van der Waals surface area (Å²) < 4.78 is 7.64. The van der Waals surface area contributed by atoms with Crippen LogP contribution in [0.5, 0.6) is 0 Å². The molecule has 0 bridgehead atoms. The summed E-state index contributed by atoms with van der Waals surface area (Å²) in [5, 5.41) is 8.37. The van der Waals surface area contributed by atoms with Crippen molar-refractivity contribution in [2.75, 3.05) is 27.2 Å². The Balaban J connectivity index is 1.70. The van der Waals surface area contributed by atoms with E-state index in [9.17, 15) is 4.79 Å². The van der Waals surface area contributed by atoms with Crippen molar-refractivity contribution < 1.29 is 14.4 Å². The number of hydrogen-bond donors (Lipinski definition) is 2. The largest absolute Gasteiger partial charge is 0.370 e. The summed E-state index contributed by atoms with van der Waals surface area (Å²) in [7, 11) is 4.20. The van der Waals surface area contributed by atoms with E-state index in [4.69, 9.17) is 9.72 Å². The third-order valence-corrected chi connectivity index (χ3v) is 6.11. The van der Waals surface area contributed by atoms with Gasteiger partial charge in [-0.1, -0.05) is 0 Å². The molecule has 28 heavy (non-hydrogen) atoms. The Morgan fingerprint density at radius 1 is 1.36 bits per heavy atom. The van der Waals surface area contributed by atoms with Crippen molar-refractivity contribution >= 4 is 33.1 Å². The number of ether oxygens (including phenoxy) is 1. The van der Waals surface area contributed by atoms with Crippen LogP contribution < -0.4 is 10.2 Å². The molecule has 0 fully saturated rings. The normalized spacial score (nSPS) is 16.1. The molecule has 1 amide bonds. The Kier molecular flexibility index (Phi) is 4.84. The second-order valence-corrected chi connectivity index (χ2v) is 9.39. The van der Waals surface area contributed by atoms with Gasteiger partial charge in [-0.15, -0.1) is 16.4 Å². The monoisotopic (exact) mass is 403 g/mol. The number of carbonyl (C=O) groups is 1. The lowest BCUT2D eigenvalue weighted by atomic mass is 9.94. The average molecular weight is 404 g/mol. The van der Waals surface area contributed by atoms with Gasteiger partial charge < -0.3 is 15.0 Å². The number of fused-ring (bicyclic) bond motifs is 5. The summed E-state index contributed by atoms with van der Waals surface area (Å²) >= 11 is 1.65. The molecule has 0 spiro atoms. The van der Waals surface area contributed by atoms with Crippen LogP contribution in [-0.4, -0.2) is 58.3 Å². The molecule has 2 N–H and O–H groups in total. The highest BCUT2D eigenvalue weighted by molar-refractivity contribution is 7.19. The third-order valence-electron chi connectivity index (χ3n) is 5.01. The number of amides is 1. The number of quaternary nitrogens is 1. The molecule has 3 aromatic heterocycles. The highest BCUT2D eigenvalue weighted by Crippen LogP contribution is 2.39. The van der Waals surface area contributed by atoms with Gasteiger partial charge in [-0.05, 0) is 26.3 Å². The molecule has 0 aromatic carbocycles. The van der Waals surface area contributed by atoms with Gasteiger partial charge in [0.1, 0.15) is 10.7 Å². The van der Waals surface area contributed by atoms with Gasteiger partial charge in [-0.25, -0.2) is 9.97 Å². The van der Waals surface area contributed by atoms with Crippen molar-refractivity contribution in [1.82, 2.24) is 24.9 Å². The molecule has 0 aliphatic carbocycles. The molecule has 150 valence electrons. The molecule has 1 aliphatic rings. The maximum absolute atomic E-state index is 12.5. The zero-order chi connectivity index (χ0) is 20.1. The molecule has 4 heterocycles. The highest BCUT2D eigenvalue weighted by Gasteiger charge is 2.31. The fourth-order valence-corrected chi connectivity index (χ4v) is 4.70. The van der Waals surface area contributed by atoms with Crippen LogP contribution in [0.1, 0.15) is 47.2 Å². The summed E-state index contributed by atoms with van der Waals surface area (Å²) in [5.74, 6) is 0.683. The van der Waals surface area contributed by atoms with E-state index in [-0.39, 0.29) is 17.3 Å². The van der Waals surface area contributed by atoms with E-state index in [2.05, 4.69) is 43.3 Å². The van der Waals surface area contributed by atoms with Gasteiger partial charge in [0.05, 0.1) is 38.2 Å². The minimum absolute atomic E-state index is 0.195. The van der Waals surface area contributed by atoms with Crippen LogP contribution in [-0.2, 0) is 17.8 Å². The van der Waals surface area contributed by atoms with Crippen LogP contribution in [0, 0.1) is 6.92 Å².